The lowest BCUT2D eigenvalue weighted by atomic mass is 9.92. The second-order valence-corrected chi connectivity index (χ2v) is 7.49. The van der Waals surface area contributed by atoms with Gasteiger partial charge in [0.05, 0.1) is 32.5 Å². The molecule has 1 saturated heterocycles. The Balaban J connectivity index is 1.88. The standard InChI is InChI=1S/C22H27ClO6/c1-3-28-15-6-4-13(5-7-15)8-14-9-16(19(27-2)10-17(14)23)20-11-18(25)22(26)21(12-24)29-20/h4-7,9-10,18,20-22,24-26H,3,8,11-12H2,1-2H3/t18?,20?,21?,22-/m0/s1. The van der Waals surface area contributed by atoms with Crippen LogP contribution in [0.5, 0.6) is 11.5 Å². The van der Waals surface area contributed by atoms with E-state index in [0.29, 0.717) is 23.8 Å². The predicted molar refractivity (Wildman–Crippen MR) is 110 cm³/mol. The first-order chi connectivity index (χ1) is 14.0. The summed E-state index contributed by atoms with van der Waals surface area (Å²) in [5.74, 6) is 1.35. The number of benzene rings is 2. The Morgan fingerprint density at radius 3 is 2.52 bits per heavy atom. The molecule has 0 saturated carbocycles. The lowest BCUT2D eigenvalue weighted by molar-refractivity contribution is -0.181. The average Bonchev–Trinajstić information content (AvgIpc) is 2.72. The number of halogens is 1. The number of methoxy groups -OCH3 is 1. The van der Waals surface area contributed by atoms with Crippen LogP contribution in [0, 0.1) is 0 Å². The number of aliphatic hydroxyl groups excluding tert-OH is 3. The fourth-order valence-electron chi connectivity index (χ4n) is 3.58. The van der Waals surface area contributed by atoms with E-state index in [0.717, 1.165) is 22.4 Å². The van der Waals surface area contributed by atoms with Gasteiger partial charge in [-0.2, -0.15) is 0 Å². The fourth-order valence-corrected chi connectivity index (χ4v) is 3.80. The van der Waals surface area contributed by atoms with E-state index in [1.165, 1.54) is 0 Å². The minimum absolute atomic E-state index is 0.193. The number of ether oxygens (including phenoxy) is 3. The molecule has 2 aromatic carbocycles. The van der Waals surface area contributed by atoms with E-state index in [2.05, 4.69) is 0 Å². The van der Waals surface area contributed by atoms with Crippen LogP contribution in [0.3, 0.4) is 0 Å². The molecular weight excluding hydrogens is 396 g/mol. The molecule has 0 aromatic heterocycles. The third-order valence-corrected chi connectivity index (χ3v) is 5.48. The second kappa shape index (κ2) is 9.78. The van der Waals surface area contributed by atoms with Crippen LogP contribution in [0.1, 0.15) is 36.1 Å². The molecule has 1 fully saturated rings. The monoisotopic (exact) mass is 422 g/mol. The highest BCUT2D eigenvalue weighted by Crippen LogP contribution is 2.39. The molecule has 29 heavy (non-hydrogen) atoms. The molecule has 1 aliphatic rings. The largest absolute Gasteiger partial charge is 0.496 e. The Hall–Kier alpha value is -1.83. The zero-order valence-electron chi connectivity index (χ0n) is 16.5. The maximum atomic E-state index is 10.2. The first kappa shape index (κ1) is 21.9. The van der Waals surface area contributed by atoms with Gasteiger partial charge in [0.25, 0.3) is 0 Å². The van der Waals surface area contributed by atoms with Gasteiger partial charge in [-0.1, -0.05) is 23.7 Å². The summed E-state index contributed by atoms with van der Waals surface area (Å²) in [6.07, 6.45) is -2.73. The van der Waals surface area contributed by atoms with E-state index in [1.807, 2.05) is 37.3 Å². The third-order valence-electron chi connectivity index (χ3n) is 5.12. The molecule has 0 spiro atoms. The molecule has 3 N–H and O–H groups in total. The van der Waals surface area contributed by atoms with Crippen LogP contribution in [-0.2, 0) is 11.2 Å². The van der Waals surface area contributed by atoms with Gasteiger partial charge in [0.2, 0.25) is 0 Å². The Labute approximate surface area is 175 Å². The number of hydrogen-bond acceptors (Lipinski definition) is 6. The zero-order chi connectivity index (χ0) is 21.0. The highest BCUT2D eigenvalue weighted by Gasteiger charge is 2.38. The van der Waals surface area contributed by atoms with Crippen LogP contribution in [0.2, 0.25) is 5.02 Å². The topological polar surface area (TPSA) is 88.4 Å². The van der Waals surface area contributed by atoms with E-state index in [1.54, 1.807) is 13.2 Å². The molecule has 158 valence electrons. The van der Waals surface area contributed by atoms with Gasteiger partial charge in [-0.05, 0) is 48.7 Å². The molecule has 7 heteroatoms. The van der Waals surface area contributed by atoms with Gasteiger partial charge >= 0.3 is 0 Å². The highest BCUT2D eigenvalue weighted by molar-refractivity contribution is 6.31. The van der Waals surface area contributed by atoms with Crippen molar-refractivity contribution in [1.82, 2.24) is 0 Å². The Morgan fingerprint density at radius 2 is 1.90 bits per heavy atom. The van der Waals surface area contributed by atoms with Gasteiger partial charge in [0.15, 0.2) is 0 Å². The Bertz CT molecular complexity index is 810. The van der Waals surface area contributed by atoms with E-state index in [9.17, 15) is 15.3 Å². The molecule has 3 unspecified atom stereocenters. The van der Waals surface area contributed by atoms with Gasteiger partial charge in [0.1, 0.15) is 23.7 Å². The van der Waals surface area contributed by atoms with E-state index >= 15 is 0 Å². The summed E-state index contributed by atoms with van der Waals surface area (Å²) in [5.41, 5.74) is 2.68. The third kappa shape index (κ3) is 5.02. The van der Waals surface area contributed by atoms with Crippen LogP contribution in [0.25, 0.3) is 0 Å². The quantitative estimate of drug-likeness (QED) is 0.636. The Kier molecular flexibility index (Phi) is 7.38. The van der Waals surface area contributed by atoms with Crippen molar-refractivity contribution >= 4 is 11.6 Å². The number of hydrogen-bond donors (Lipinski definition) is 3. The summed E-state index contributed by atoms with van der Waals surface area (Å²) in [6.45, 7) is 2.17. The lowest BCUT2D eigenvalue weighted by Gasteiger charge is -2.37. The molecule has 6 nitrogen and oxygen atoms in total. The molecule has 0 bridgehead atoms. The summed E-state index contributed by atoms with van der Waals surface area (Å²) >= 11 is 6.48. The van der Waals surface area contributed by atoms with Gasteiger partial charge in [-0.3, -0.25) is 0 Å². The molecule has 1 heterocycles. The van der Waals surface area contributed by atoms with Crippen molar-refractivity contribution < 1.29 is 29.5 Å². The van der Waals surface area contributed by atoms with Crippen LogP contribution >= 0.6 is 11.6 Å². The highest BCUT2D eigenvalue weighted by atomic mass is 35.5. The first-order valence-electron chi connectivity index (χ1n) is 9.67. The van der Waals surface area contributed by atoms with Crippen LogP contribution in [0.4, 0.5) is 0 Å². The first-order valence-corrected chi connectivity index (χ1v) is 10.0. The van der Waals surface area contributed by atoms with Crippen LogP contribution in [0.15, 0.2) is 36.4 Å². The summed E-state index contributed by atoms with van der Waals surface area (Å²) < 4.78 is 16.8. The summed E-state index contributed by atoms with van der Waals surface area (Å²) in [6, 6.07) is 11.5. The van der Waals surface area contributed by atoms with Gasteiger partial charge in [-0.25, -0.2) is 0 Å². The molecule has 0 amide bonds. The average molecular weight is 423 g/mol. The SMILES string of the molecule is CCOc1ccc(Cc2cc(C3CC(O)[C@H](O)C(CO)O3)c(OC)cc2Cl)cc1. The molecule has 0 radical (unpaired) electrons. The van der Waals surface area contributed by atoms with E-state index in [-0.39, 0.29) is 13.0 Å². The lowest BCUT2D eigenvalue weighted by Crippen LogP contribution is -2.47. The van der Waals surface area contributed by atoms with Gasteiger partial charge in [-0.15, -0.1) is 0 Å². The minimum Gasteiger partial charge on any atom is -0.496 e. The Morgan fingerprint density at radius 1 is 1.17 bits per heavy atom. The second-order valence-electron chi connectivity index (χ2n) is 7.08. The van der Waals surface area contributed by atoms with Crippen LogP contribution in [-0.4, -0.2) is 54.0 Å². The summed E-state index contributed by atoms with van der Waals surface area (Å²) in [7, 11) is 1.54. The molecule has 1 aliphatic heterocycles. The number of rotatable bonds is 7. The van der Waals surface area contributed by atoms with Crippen molar-refractivity contribution in [3.8, 4) is 11.5 Å². The fraction of sp³-hybridized carbons (Fsp3) is 0.455. The normalized spacial score (nSPS) is 24.3. The summed E-state index contributed by atoms with van der Waals surface area (Å²) in [5, 5.41) is 30.2. The van der Waals surface area contributed by atoms with Gasteiger partial charge in [0, 0.05) is 17.0 Å². The molecule has 0 aliphatic carbocycles. The van der Waals surface area contributed by atoms with Crippen molar-refractivity contribution in [3.05, 3.63) is 58.1 Å². The smallest absolute Gasteiger partial charge is 0.126 e. The molecule has 2 aromatic rings. The number of aliphatic hydroxyl groups is 3. The van der Waals surface area contributed by atoms with Crippen molar-refractivity contribution in [2.75, 3.05) is 20.3 Å². The van der Waals surface area contributed by atoms with E-state index < -0.39 is 24.4 Å². The molecular formula is C22H27ClO6. The van der Waals surface area contributed by atoms with E-state index in [4.69, 9.17) is 25.8 Å². The molecule has 4 atom stereocenters. The van der Waals surface area contributed by atoms with Crippen molar-refractivity contribution in [2.24, 2.45) is 0 Å². The minimum atomic E-state index is -1.13. The maximum Gasteiger partial charge on any atom is 0.126 e. The maximum absolute atomic E-state index is 10.2. The van der Waals surface area contributed by atoms with Crippen molar-refractivity contribution in [2.45, 2.75) is 44.2 Å². The van der Waals surface area contributed by atoms with Gasteiger partial charge < -0.3 is 29.5 Å². The predicted octanol–water partition coefficient (Wildman–Crippen LogP) is 2.88. The zero-order valence-corrected chi connectivity index (χ0v) is 17.3. The van der Waals surface area contributed by atoms with Crippen molar-refractivity contribution in [1.29, 1.82) is 0 Å². The van der Waals surface area contributed by atoms with Crippen LogP contribution < -0.4 is 9.47 Å². The summed E-state index contributed by atoms with van der Waals surface area (Å²) in [4.78, 5) is 0. The molecule has 3 rings (SSSR count). The van der Waals surface area contributed by atoms with Crippen molar-refractivity contribution in [3.63, 3.8) is 0 Å².